The molecule has 4 nitrogen and oxygen atoms in total. The van der Waals surface area contributed by atoms with E-state index >= 15 is 0 Å². The second-order valence-electron chi connectivity index (χ2n) is 5.68. The number of hydrogen-bond acceptors (Lipinski definition) is 3. The molecule has 0 aliphatic heterocycles. The fraction of sp³-hybridized carbons (Fsp3) is 0.429. The van der Waals surface area contributed by atoms with E-state index in [-0.39, 0.29) is 5.41 Å². The average Bonchev–Trinajstić information content (AvgIpc) is 2.76. The second-order valence-corrected chi connectivity index (χ2v) is 6.09. The first kappa shape index (κ1) is 14.0. The lowest BCUT2D eigenvalue weighted by Crippen LogP contribution is -2.20. The van der Waals surface area contributed by atoms with Crippen molar-refractivity contribution in [3.63, 3.8) is 0 Å². The summed E-state index contributed by atoms with van der Waals surface area (Å²) in [6.07, 6.45) is 0. The minimum absolute atomic E-state index is 0.0877. The molecule has 0 amide bonds. The molecule has 5 heteroatoms. The summed E-state index contributed by atoms with van der Waals surface area (Å²) in [6, 6.07) is 5.88. The highest BCUT2D eigenvalue weighted by atomic mass is 35.5. The SMILES string of the molecule is Cc1ccc(-n2nnc(CN)c2C(C)(C)C)cc1Cl. The van der Waals surface area contributed by atoms with Crippen LogP contribution < -0.4 is 5.73 Å². The van der Waals surface area contributed by atoms with Crippen LogP contribution in [0.2, 0.25) is 5.02 Å². The largest absolute Gasteiger partial charge is 0.325 e. The van der Waals surface area contributed by atoms with Crippen LogP contribution in [0.5, 0.6) is 0 Å². The van der Waals surface area contributed by atoms with Gasteiger partial charge in [-0.2, -0.15) is 0 Å². The van der Waals surface area contributed by atoms with E-state index in [0.717, 1.165) is 27.7 Å². The Balaban J connectivity index is 2.62. The number of rotatable bonds is 2. The van der Waals surface area contributed by atoms with Gasteiger partial charge in [-0.1, -0.05) is 43.7 Å². The molecule has 0 spiro atoms. The molecule has 0 fully saturated rings. The van der Waals surface area contributed by atoms with E-state index in [1.165, 1.54) is 0 Å². The molecule has 1 aromatic carbocycles. The lowest BCUT2D eigenvalue weighted by atomic mass is 9.90. The highest BCUT2D eigenvalue weighted by molar-refractivity contribution is 6.31. The van der Waals surface area contributed by atoms with Gasteiger partial charge in [-0.3, -0.25) is 0 Å². The van der Waals surface area contributed by atoms with Crippen molar-refractivity contribution in [2.75, 3.05) is 0 Å². The first-order valence-corrected chi connectivity index (χ1v) is 6.64. The average molecular weight is 279 g/mol. The molecule has 0 bridgehead atoms. The molecule has 0 atom stereocenters. The summed E-state index contributed by atoms with van der Waals surface area (Å²) in [6.45, 7) is 8.72. The summed E-state index contributed by atoms with van der Waals surface area (Å²) in [7, 11) is 0. The molecular formula is C14H19ClN4. The molecule has 1 heterocycles. The van der Waals surface area contributed by atoms with Crippen LogP contribution in [-0.2, 0) is 12.0 Å². The third-order valence-electron chi connectivity index (χ3n) is 3.04. The van der Waals surface area contributed by atoms with Gasteiger partial charge in [0.25, 0.3) is 0 Å². The standard InChI is InChI=1S/C14H19ClN4/c1-9-5-6-10(7-11(9)15)19-13(14(2,3)4)12(8-16)17-18-19/h5-7H,8,16H2,1-4H3. The van der Waals surface area contributed by atoms with Gasteiger partial charge in [0.05, 0.1) is 11.4 Å². The van der Waals surface area contributed by atoms with Gasteiger partial charge in [-0.05, 0) is 24.6 Å². The normalized spacial score (nSPS) is 11.9. The van der Waals surface area contributed by atoms with Crippen molar-refractivity contribution >= 4 is 11.6 Å². The molecule has 1 aromatic heterocycles. The van der Waals surface area contributed by atoms with Crippen LogP contribution in [0.25, 0.3) is 5.69 Å². The Morgan fingerprint density at radius 2 is 2.00 bits per heavy atom. The number of halogens is 1. The highest BCUT2D eigenvalue weighted by Gasteiger charge is 2.25. The Morgan fingerprint density at radius 3 is 2.53 bits per heavy atom. The minimum atomic E-state index is -0.0877. The van der Waals surface area contributed by atoms with Crippen molar-refractivity contribution in [3.8, 4) is 5.69 Å². The Hall–Kier alpha value is -1.39. The van der Waals surface area contributed by atoms with Gasteiger partial charge in [-0.15, -0.1) is 5.10 Å². The van der Waals surface area contributed by atoms with Crippen LogP contribution in [0.15, 0.2) is 18.2 Å². The number of nitrogens with zero attached hydrogens (tertiary/aromatic N) is 3. The van der Waals surface area contributed by atoms with Crippen molar-refractivity contribution in [3.05, 3.63) is 40.2 Å². The fourth-order valence-electron chi connectivity index (χ4n) is 2.10. The Kier molecular flexibility index (Phi) is 3.65. The number of nitrogens with two attached hydrogens (primary N) is 1. The number of aromatic nitrogens is 3. The molecule has 0 unspecified atom stereocenters. The molecule has 0 radical (unpaired) electrons. The summed E-state index contributed by atoms with van der Waals surface area (Å²) in [5, 5.41) is 9.12. The summed E-state index contributed by atoms with van der Waals surface area (Å²) in [5.41, 5.74) is 9.46. The molecule has 2 aromatic rings. The van der Waals surface area contributed by atoms with Crippen LogP contribution >= 0.6 is 11.6 Å². The van der Waals surface area contributed by atoms with Gasteiger partial charge >= 0.3 is 0 Å². The number of hydrogen-bond donors (Lipinski definition) is 1. The zero-order chi connectivity index (χ0) is 14.2. The quantitative estimate of drug-likeness (QED) is 0.919. The van der Waals surface area contributed by atoms with Crippen LogP contribution in [0.3, 0.4) is 0 Å². The molecule has 0 saturated carbocycles. The third kappa shape index (κ3) is 2.65. The van der Waals surface area contributed by atoms with E-state index < -0.39 is 0 Å². The topological polar surface area (TPSA) is 56.7 Å². The molecular weight excluding hydrogens is 260 g/mol. The summed E-state index contributed by atoms with van der Waals surface area (Å²) in [5.74, 6) is 0. The molecule has 19 heavy (non-hydrogen) atoms. The van der Waals surface area contributed by atoms with Gasteiger partial charge in [0.15, 0.2) is 0 Å². The van der Waals surface area contributed by atoms with E-state index in [0.29, 0.717) is 6.54 Å². The molecule has 0 aliphatic rings. The predicted molar refractivity (Wildman–Crippen MR) is 77.7 cm³/mol. The fourth-order valence-corrected chi connectivity index (χ4v) is 2.27. The van der Waals surface area contributed by atoms with E-state index in [1.807, 2.05) is 29.8 Å². The molecule has 0 aliphatic carbocycles. The molecule has 2 N–H and O–H groups in total. The van der Waals surface area contributed by atoms with E-state index in [2.05, 4.69) is 31.1 Å². The monoisotopic (exact) mass is 278 g/mol. The minimum Gasteiger partial charge on any atom is -0.325 e. The van der Waals surface area contributed by atoms with Gasteiger partial charge in [0.2, 0.25) is 0 Å². The maximum Gasteiger partial charge on any atom is 0.100 e. The number of benzene rings is 1. The van der Waals surface area contributed by atoms with Crippen LogP contribution in [-0.4, -0.2) is 15.0 Å². The summed E-state index contributed by atoms with van der Waals surface area (Å²) >= 11 is 6.18. The van der Waals surface area contributed by atoms with Crippen LogP contribution in [0.4, 0.5) is 0 Å². The maximum absolute atomic E-state index is 6.18. The van der Waals surface area contributed by atoms with Crippen LogP contribution in [0.1, 0.15) is 37.7 Å². The van der Waals surface area contributed by atoms with Crippen molar-refractivity contribution in [1.82, 2.24) is 15.0 Å². The Labute approximate surface area is 118 Å². The second kappa shape index (κ2) is 4.94. The predicted octanol–water partition coefficient (Wildman–Crippen LogP) is 2.99. The first-order chi connectivity index (χ1) is 8.84. The van der Waals surface area contributed by atoms with Gasteiger partial charge in [0, 0.05) is 17.0 Å². The highest BCUT2D eigenvalue weighted by Crippen LogP contribution is 2.28. The zero-order valence-corrected chi connectivity index (χ0v) is 12.5. The first-order valence-electron chi connectivity index (χ1n) is 6.26. The van der Waals surface area contributed by atoms with Gasteiger partial charge in [0.1, 0.15) is 5.69 Å². The lowest BCUT2D eigenvalue weighted by Gasteiger charge is -2.21. The molecule has 2 rings (SSSR count). The van der Waals surface area contributed by atoms with Crippen LogP contribution in [0, 0.1) is 6.92 Å². The van der Waals surface area contributed by atoms with E-state index in [4.69, 9.17) is 17.3 Å². The maximum atomic E-state index is 6.18. The van der Waals surface area contributed by atoms with Gasteiger partial charge < -0.3 is 5.73 Å². The zero-order valence-electron chi connectivity index (χ0n) is 11.7. The lowest BCUT2D eigenvalue weighted by molar-refractivity contribution is 0.537. The van der Waals surface area contributed by atoms with Crippen molar-refractivity contribution < 1.29 is 0 Å². The Morgan fingerprint density at radius 1 is 1.32 bits per heavy atom. The van der Waals surface area contributed by atoms with Crippen molar-refractivity contribution in [2.45, 2.75) is 39.7 Å². The Bertz CT molecular complexity index is 596. The van der Waals surface area contributed by atoms with Crippen molar-refractivity contribution in [2.24, 2.45) is 5.73 Å². The third-order valence-corrected chi connectivity index (χ3v) is 3.45. The van der Waals surface area contributed by atoms with E-state index in [1.54, 1.807) is 0 Å². The molecule has 0 saturated heterocycles. The molecule has 102 valence electrons. The number of aryl methyl sites for hydroxylation is 1. The van der Waals surface area contributed by atoms with E-state index in [9.17, 15) is 0 Å². The van der Waals surface area contributed by atoms with Crippen molar-refractivity contribution in [1.29, 1.82) is 0 Å². The summed E-state index contributed by atoms with van der Waals surface area (Å²) < 4.78 is 1.83. The van der Waals surface area contributed by atoms with Gasteiger partial charge in [-0.25, -0.2) is 4.68 Å². The summed E-state index contributed by atoms with van der Waals surface area (Å²) in [4.78, 5) is 0. The smallest absolute Gasteiger partial charge is 0.100 e.